The van der Waals surface area contributed by atoms with Gasteiger partial charge < -0.3 is 4.90 Å². The van der Waals surface area contributed by atoms with Crippen molar-refractivity contribution in [1.29, 1.82) is 0 Å². The molecule has 0 aliphatic heterocycles. The molecule has 8 heteroatoms. The molecule has 0 saturated heterocycles. The first kappa shape index (κ1) is 21.0. The number of nitrogens with zero attached hydrogens (tertiary/aromatic N) is 8. The van der Waals surface area contributed by atoms with Gasteiger partial charge in [-0.25, -0.2) is 0 Å². The van der Waals surface area contributed by atoms with Gasteiger partial charge in [-0.2, -0.15) is 34.5 Å². The third kappa shape index (κ3) is 3.69. The van der Waals surface area contributed by atoms with Gasteiger partial charge in [0.05, 0.1) is 23.4 Å². The number of hydrogen-bond donors (Lipinski definition) is 0. The molecule has 0 spiro atoms. The van der Waals surface area contributed by atoms with E-state index in [1.54, 1.807) is 9.36 Å². The van der Waals surface area contributed by atoms with Gasteiger partial charge in [0.2, 0.25) is 0 Å². The van der Waals surface area contributed by atoms with Crippen LogP contribution in [0.2, 0.25) is 0 Å². The Hall–Kier alpha value is -4.59. The van der Waals surface area contributed by atoms with Gasteiger partial charge in [-0.3, -0.25) is 0 Å². The first-order chi connectivity index (χ1) is 17.2. The van der Waals surface area contributed by atoms with E-state index in [0.717, 1.165) is 40.5 Å². The normalized spacial score (nSPS) is 11.4. The number of rotatable bonds is 6. The van der Waals surface area contributed by atoms with Crippen LogP contribution in [-0.4, -0.2) is 47.6 Å². The van der Waals surface area contributed by atoms with Gasteiger partial charge in [-0.15, -0.1) is 0 Å². The van der Waals surface area contributed by atoms with Crippen molar-refractivity contribution < 1.29 is 0 Å². The van der Waals surface area contributed by atoms with Crippen molar-refractivity contribution in [2.45, 2.75) is 13.8 Å². The molecule has 172 valence electrons. The van der Waals surface area contributed by atoms with Gasteiger partial charge in [0.1, 0.15) is 0 Å². The van der Waals surface area contributed by atoms with E-state index >= 15 is 0 Å². The topological polar surface area (TPSA) is 77.5 Å². The summed E-state index contributed by atoms with van der Waals surface area (Å²) >= 11 is 0. The quantitative estimate of drug-likeness (QED) is 0.346. The third-order valence-corrected chi connectivity index (χ3v) is 6.20. The second kappa shape index (κ2) is 8.64. The fraction of sp³-hybridized carbons (Fsp3) is 0.148. The van der Waals surface area contributed by atoms with Crippen LogP contribution in [0.1, 0.15) is 13.8 Å². The van der Waals surface area contributed by atoms with Crippen LogP contribution >= 0.6 is 0 Å². The highest BCUT2D eigenvalue weighted by atomic mass is 15.4. The minimum absolute atomic E-state index is 0.443. The van der Waals surface area contributed by atoms with Crippen molar-refractivity contribution in [2.75, 3.05) is 18.0 Å². The van der Waals surface area contributed by atoms with Crippen LogP contribution in [-0.2, 0) is 0 Å². The second-order valence-electron chi connectivity index (χ2n) is 8.21. The van der Waals surface area contributed by atoms with Crippen molar-refractivity contribution in [1.82, 2.24) is 34.5 Å². The van der Waals surface area contributed by atoms with E-state index in [4.69, 9.17) is 15.0 Å². The number of fused-ring (bicyclic) bond motifs is 2. The van der Waals surface area contributed by atoms with E-state index in [-0.39, 0.29) is 0 Å². The van der Waals surface area contributed by atoms with Crippen LogP contribution in [0.25, 0.3) is 45.1 Å². The molecular weight excluding hydrogens is 436 g/mol. The summed E-state index contributed by atoms with van der Waals surface area (Å²) in [5.74, 6) is 1.45. The molecule has 0 aliphatic rings. The summed E-state index contributed by atoms with van der Waals surface area (Å²) in [6.45, 7) is 6.22. The lowest BCUT2D eigenvalue weighted by molar-refractivity contribution is 0.769. The fourth-order valence-electron chi connectivity index (χ4n) is 4.34. The molecule has 3 heterocycles. The lowest BCUT2D eigenvalue weighted by Gasteiger charge is -2.21. The summed E-state index contributed by atoms with van der Waals surface area (Å²) in [5.41, 5.74) is 3.93. The van der Waals surface area contributed by atoms with Crippen molar-refractivity contribution >= 4 is 27.5 Å². The Balaban J connectivity index is 1.53. The monoisotopic (exact) mass is 460 g/mol. The molecule has 0 radical (unpaired) electrons. The zero-order chi connectivity index (χ0) is 23.8. The highest BCUT2D eigenvalue weighted by Crippen LogP contribution is 2.24. The Morgan fingerprint density at radius 3 is 1.66 bits per heavy atom. The van der Waals surface area contributed by atoms with Gasteiger partial charge in [-0.05, 0) is 50.2 Å². The molecular formula is C27H24N8. The maximum absolute atomic E-state index is 4.82. The Morgan fingerprint density at radius 1 is 0.629 bits per heavy atom. The van der Waals surface area contributed by atoms with Gasteiger partial charge in [0.15, 0.2) is 5.82 Å². The molecule has 0 fully saturated rings. The Morgan fingerprint density at radius 2 is 1.14 bits per heavy atom. The number of hydrogen-bond acceptors (Lipinski definition) is 6. The Bertz CT molecular complexity index is 1530. The molecule has 0 unspecified atom stereocenters. The summed E-state index contributed by atoms with van der Waals surface area (Å²) in [4.78, 5) is 16.7. The molecule has 0 N–H and O–H groups in total. The molecule has 0 amide bonds. The summed E-state index contributed by atoms with van der Waals surface area (Å²) in [6.07, 6.45) is 3.64. The minimum atomic E-state index is 0.443. The van der Waals surface area contributed by atoms with Crippen LogP contribution in [0.3, 0.4) is 0 Å². The lowest BCUT2D eigenvalue weighted by Crippen LogP contribution is -2.21. The van der Waals surface area contributed by atoms with E-state index in [9.17, 15) is 0 Å². The molecule has 35 heavy (non-hydrogen) atoms. The molecule has 0 saturated carbocycles. The van der Waals surface area contributed by atoms with Gasteiger partial charge in [-0.1, -0.05) is 36.4 Å². The summed E-state index contributed by atoms with van der Waals surface area (Å²) in [7, 11) is 0. The largest absolute Gasteiger partial charge is 0.372 e. The zero-order valence-electron chi connectivity index (χ0n) is 19.6. The van der Waals surface area contributed by atoms with Gasteiger partial charge >= 0.3 is 0 Å². The smallest absolute Gasteiger partial charge is 0.256 e. The number of benzene rings is 3. The van der Waals surface area contributed by atoms with Crippen LogP contribution in [0.4, 0.5) is 5.69 Å². The van der Waals surface area contributed by atoms with Crippen molar-refractivity contribution in [3.05, 3.63) is 85.2 Å². The maximum Gasteiger partial charge on any atom is 0.256 e. The predicted molar refractivity (Wildman–Crippen MR) is 138 cm³/mol. The van der Waals surface area contributed by atoms with Crippen molar-refractivity contribution in [3.63, 3.8) is 0 Å². The Labute approximate surface area is 202 Å². The summed E-state index contributed by atoms with van der Waals surface area (Å²) in [6, 6.07) is 24.3. The van der Waals surface area contributed by atoms with Crippen molar-refractivity contribution in [2.24, 2.45) is 0 Å². The van der Waals surface area contributed by atoms with Crippen molar-refractivity contribution in [3.8, 4) is 23.3 Å². The van der Waals surface area contributed by atoms with Crippen LogP contribution in [0.5, 0.6) is 0 Å². The molecule has 3 aromatic carbocycles. The van der Waals surface area contributed by atoms with E-state index in [0.29, 0.717) is 17.7 Å². The van der Waals surface area contributed by atoms with E-state index in [2.05, 4.69) is 53.2 Å². The first-order valence-electron chi connectivity index (χ1n) is 11.7. The highest BCUT2D eigenvalue weighted by molar-refractivity contribution is 5.80. The standard InChI is InChI=1S/C27H24N8/c1-3-33(4-2)22-15-13-19(14-16-22)25-30-26(34-23-11-7-5-9-20(23)17-28-34)32-27(31-25)35-24-12-8-6-10-21(24)18-29-35/h5-18H,3-4H2,1-2H3. The zero-order valence-corrected chi connectivity index (χ0v) is 19.6. The summed E-state index contributed by atoms with van der Waals surface area (Å²) < 4.78 is 3.50. The van der Waals surface area contributed by atoms with E-state index in [1.807, 2.05) is 60.9 Å². The third-order valence-electron chi connectivity index (χ3n) is 6.20. The summed E-state index contributed by atoms with van der Waals surface area (Å²) in [5, 5.41) is 11.2. The van der Waals surface area contributed by atoms with Crippen LogP contribution in [0, 0.1) is 0 Å². The van der Waals surface area contributed by atoms with E-state index in [1.165, 1.54) is 5.69 Å². The molecule has 0 atom stereocenters. The second-order valence-corrected chi connectivity index (χ2v) is 8.21. The highest BCUT2D eigenvalue weighted by Gasteiger charge is 2.16. The first-order valence-corrected chi connectivity index (χ1v) is 11.7. The van der Waals surface area contributed by atoms with Crippen LogP contribution < -0.4 is 4.90 Å². The predicted octanol–water partition coefficient (Wildman–Crippen LogP) is 5.06. The minimum Gasteiger partial charge on any atom is -0.372 e. The maximum atomic E-state index is 4.82. The molecule has 3 aromatic heterocycles. The van der Waals surface area contributed by atoms with E-state index < -0.39 is 0 Å². The number of para-hydroxylation sites is 2. The molecule has 0 bridgehead atoms. The molecule has 0 aliphatic carbocycles. The molecule has 6 aromatic rings. The van der Waals surface area contributed by atoms with Crippen LogP contribution in [0.15, 0.2) is 85.2 Å². The molecule has 6 rings (SSSR count). The van der Waals surface area contributed by atoms with Gasteiger partial charge in [0, 0.05) is 35.1 Å². The lowest BCUT2D eigenvalue weighted by atomic mass is 10.2. The number of anilines is 1. The SMILES string of the molecule is CCN(CC)c1ccc(-c2nc(-n3ncc4ccccc43)nc(-n3ncc4ccccc43)n2)cc1. The average Bonchev–Trinajstić information content (AvgIpc) is 3.54. The number of aromatic nitrogens is 7. The average molecular weight is 461 g/mol. The molecule has 8 nitrogen and oxygen atoms in total. The fourth-order valence-corrected chi connectivity index (χ4v) is 4.34. The Kier molecular flexibility index (Phi) is 5.18. The van der Waals surface area contributed by atoms with Gasteiger partial charge in [0.25, 0.3) is 11.9 Å².